The Labute approximate surface area is 260 Å². The second-order valence-corrected chi connectivity index (χ2v) is 12.1. The normalized spacial score (nSPS) is 15.4. The second kappa shape index (κ2) is 15.0. The lowest BCUT2D eigenvalue weighted by atomic mass is 9.91. The van der Waals surface area contributed by atoms with Crippen molar-refractivity contribution in [2.75, 3.05) is 38.2 Å². The SMILES string of the molecule is CC(C)(C)CC(=O)N1CCCNC(=O)c2ccc(cc2)Cc2nc(nc(OCC(F)(F)F)n2)NCc2ccc(cc2)OCCC1. The van der Waals surface area contributed by atoms with Gasteiger partial charge in [-0.2, -0.15) is 28.1 Å². The smallest absolute Gasteiger partial charge is 0.422 e. The molecule has 6 bridgehead atoms. The third-order valence-electron chi connectivity index (χ3n) is 6.74. The zero-order valence-electron chi connectivity index (χ0n) is 25.7. The van der Waals surface area contributed by atoms with Crippen molar-refractivity contribution >= 4 is 17.8 Å². The maximum atomic E-state index is 13.0. The number of carbonyl (C=O) groups is 2. The van der Waals surface area contributed by atoms with E-state index in [4.69, 9.17) is 9.47 Å². The van der Waals surface area contributed by atoms with Crippen molar-refractivity contribution in [2.24, 2.45) is 5.41 Å². The number of rotatable bonds is 3. The van der Waals surface area contributed by atoms with Gasteiger partial charge in [0.25, 0.3) is 5.91 Å². The minimum atomic E-state index is -4.55. The first-order chi connectivity index (χ1) is 21.3. The summed E-state index contributed by atoms with van der Waals surface area (Å²) in [5, 5.41) is 5.93. The first kappa shape index (κ1) is 33.5. The summed E-state index contributed by atoms with van der Waals surface area (Å²) >= 11 is 0. The molecule has 242 valence electrons. The summed E-state index contributed by atoms with van der Waals surface area (Å²) in [6.45, 7) is 6.71. The van der Waals surface area contributed by atoms with Crippen LogP contribution in [-0.4, -0.2) is 70.7 Å². The minimum Gasteiger partial charge on any atom is -0.494 e. The summed E-state index contributed by atoms with van der Waals surface area (Å²) < 4.78 is 49.1. The van der Waals surface area contributed by atoms with Crippen LogP contribution in [0.2, 0.25) is 0 Å². The molecule has 2 amide bonds. The van der Waals surface area contributed by atoms with Gasteiger partial charge < -0.3 is 25.0 Å². The number of benzene rings is 2. The Hall–Kier alpha value is -4.42. The highest BCUT2D eigenvalue weighted by Gasteiger charge is 2.29. The van der Waals surface area contributed by atoms with E-state index >= 15 is 0 Å². The van der Waals surface area contributed by atoms with E-state index in [9.17, 15) is 22.8 Å². The minimum absolute atomic E-state index is 0.0634. The molecule has 0 atom stereocenters. The molecule has 0 unspecified atom stereocenters. The van der Waals surface area contributed by atoms with E-state index in [2.05, 4.69) is 25.6 Å². The first-order valence-corrected chi connectivity index (χ1v) is 14.9. The van der Waals surface area contributed by atoms with Crippen molar-refractivity contribution in [1.82, 2.24) is 25.2 Å². The number of alkyl halides is 3. The molecular weight excluding hydrogens is 589 g/mol. The van der Waals surface area contributed by atoms with Crippen LogP contribution in [0.3, 0.4) is 0 Å². The first-order valence-electron chi connectivity index (χ1n) is 14.9. The summed E-state index contributed by atoms with van der Waals surface area (Å²) in [6, 6.07) is 13.7. The Balaban J connectivity index is 1.53. The van der Waals surface area contributed by atoms with Crippen LogP contribution in [0.4, 0.5) is 19.1 Å². The molecule has 3 aromatic rings. The van der Waals surface area contributed by atoms with Gasteiger partial charge in [-0.05, 0) is 53.6 Å². The Bertz CT molecular complexity index is 1430. The number of carbonyl (C=O) groups excluding carboxylic acids is 2. The van der Waals surface area contributed by atoms with Gasteiger partial charge in [0.2, 0.25) is 11.9 Å². The molecule has 1 aromatic heterocycles. The van der Waals surface area contributed by atoms with E-state index in [0.717, 1.165) is 11.1 Å². The molecule has 45 heavy (non-hydrogen) atoms. The van der Waals surface area contributed by atoms with Crippen LogP contribution in [-0.2, 0) is 17.8 Å². The fourth-order valence-corrected chi connectivity index (χ4v) is 4.55. The molecule has 2 aromatic carbocycles. The van der Waals surface area contributed by atoms with Crippen molar-refractivity contribution in [2.45, 2.75) is 59.2 Å². The molecule has 0 aliphatic carbocycles. The van der Waals surface area contributed by atoms with Crippen LogP contribution in [0.15, 0.2) is 48.5 Å². The number of aromatic nitrogens is 3. The maximum absolute atomic E-state index is 13.0. The van der Waals surface area contributed by atoms with Gasteiger partial charge in [-0.15, -0.1) is 0 Å². The predicted octanol–water partition coefficient (Wildman–Crippen LogP) is 5.18. The van der Waals surface area contributed by atoms with Gasteiger partial charge >= 0.3 is 12.2 Å². The van der Waals surface area contributed by atoms with Crippen molar-refractivity contribution in [1.29, 1.82) is 0 Å². The van der Waals surface area contributed by atoms with E-state index < -0.39 is 18.8 Å². The quantitative estimate of drug-likeness (QED) is 0.407. The summed E-state index contributed by atoms with van der Waals surface area (Å²) in [5.74, 6) is 0.751. The molecular formula is C32H39F3N6O4. The molecule has 13 heteroatoms. The monoisotopic (exact) mass is 628 g/mol. The third-order valence-corrected chi connectivity index (χ3v) is 6.74. The van der Waals surface area contributed by atoms with Crippen LogP contribution in [0.1, 0.15) is 67.3 Å². The summed E-state index contributed by atoms with van der Waals surface area (Å²) in [5.41, 5.74) is 1.91. The largest absolute Gasteiger partial charge is 0.494 e. The maximum Gasteiger partial charge on any atom is 0.422 e. The molecule has 0 fully saturated rings. The van der Waals surface area contributed by atoms with Crippen molar-refractivity contribution in [3.63, 3.8) is 0 Å². The van der Waals surface area contributed by atoms with E-state index in [0.29, 0.717) is 56.8 Å². The van der Waals surface area contributed by atoms with Gasteiger partial charge in [0.15, 0.2) is 6.61 Å². The molecule has 0 saturated heterocycles. The fourth-order valence-electron chi connectivity index (χ4n) is 4.55. The van der Waals surface area contributed by atoms with Crippen LogP contribution in [0.25, 0.3) is 0 Å². The van der Waals surface area contributed by atoms with Gasteiger partial charge in [-0.3, -0.25) is 9.59 Å². The van der Waals surface area contributed by atoms with Gasteiger partial charge in [-0.25, -0.2) is 0 Å². The second-order valence-electron chi connectivity index (χ2n) is 12.1. The highest BCUT2D eigenvalue weighted by Crippen LogP contribution is 2.21. The Morgan fingerprint density at radius 1 is 0.933 bits per heavy atom. The molecule has 5 heterocycles. The van der Waals surface area contributed by atoms with E-state index in [1.165, 1.54) is 0 Å². The van der Waals surface area contributed by atoms with Gasteiger partial charge in [0.05, 0.1) is 6.61 Å². The molecule has 0 radical (unpaired) electrons. The van der Waals surface area contributed by atoms with Gasteiger partial charge in [0, 0.05) is 44.6 Å². The van der Waals surface area contributed by atoms with E-state index in [1.807, 2.05) is 49.9 Å². The zero-order valence-corrected chi connectivity index (χ0v) is 25.7. The Kier molecular flexibility index (Phi) is 11.2. The van der Waals surface area contributed by atoms with Crippen LogP contribution in [0.5, 0.6) is 11.8 Å². The molecule has 7 rings (SSSR count). The summed E-state index contributed by atoms with van der Waals surface area (Å²) in [7, 11) is 0. The van der Waals surface area contributed by atoms with Crippen LogP contribution >= 0.6 is 0 Å². The van der Waals surface area contributed by atoms with E-state index in [1.54, 1.807) is 24.3 Å². The van der Waals surface area contributed by atoms with Gasteiger partial charge in [-0.1, -0.05) is 45.0 Å². The topological polar surface area (TPSA) is 119 Å². The van der Waals surface area contributed by atoms with Crippen molar-refractivity contribution < 1.29 is 32.2 Å². The number of hydrogen-bond donors (Lipinski definition) is 2. The molecule has 10 nitrogen and oxygen atoms in total. The van der Waals surface area contributed by atoms with Crippen molar-refractivity contribution in [3.8, 4) is 11.8 Å². The fraction of sp³-hybridized carbons (Fsp3) is 0.469. The molecule has 4 aliphatic heterocycles. The molecule has 2 N–H and O–H groups in total. The molecule has 0 saturated carbocycles. The molecule has 4 aliphatic rings. The van der Waals surface area contributed by atoms with E-state index in [-0.39, 0.29) is 42.0 Å². The average Bonchev–Trinajstić information content (AvgIpc) is 2.97. The number of halogens is 3. The number of ether oxygens (including phenoxy) is 2. The van der Waals surface area contributed by atoms with Crippen LogP contribution < -0.4 is 20.1 Å². The third kappa shape index (κ3) is 11.5. The number of nitrogens with one attached hydrogen (secondary N) is 2. The Morgan fingerprint density at radius 3 is 2.31 bits per heavy atom. The number of amides is 2. The zero-order chi connectivity index (χ0) is 32.5. The lowest BCUT2D eigenvalue weighted by molar-refractivity contribution is -0.154. The highest BCUT2D eigenvalue weighted by molar-refractivity contribution is 5.94. The molecule has 0 spiro atoms. The predicted molar refractivity (Wildman–Crippen MR) is 162 cm³/mol. The van der Waals surface area contributed by atoms with Crippen LogP contribution in [0, 0.1) is 5.41 Å². The Morgan fingerprint density at radius 2 is 1.62 bits per heavy atom. The number of anilines is 1. The summed E-state index contributed by atoms with van der Waals surface area (Å²) in [6.07, 6.45) is -2.72. The average molecular weight is 629 g/mol. The van der Waals surface area contributed by atoms with Crippen molar-refractivity contribution in [3.05, 3.63) is 71.0 Å². The lowest BCUT2D eigenvalue weighted by Gasteiger charge is -2.27. The van der Waals surface area contributed by atoms with Gasteiger partial charge in [0.1, 0.15) is 11.6 Å². The highest BCUT2D eigenvalue weighted by atomic mass is 19.4. The number of hydrogen-bond acceptors (Lipinski definition) is 8. The standard InChI is InChI=1S/C32H39F3N6O4/c1-31(2,3)19-27(42)41-15-4-14-36-28(43)24-10-6-22(7-11-24)18-26-38-29(40-30(39-26)45-21-32(33,34)35)37-20-23-8-12-25(13-9-23)44-17-5-16-41/h6-13H,4-5,14-21H2,1-3H3,(H,36,43)(H,37,38,39,40). The lowest BCUT2D eigenvalue weighted by Crippen LogP contribution is -2.37. The summed E-state index contributed by atoms with van der Waals surface area (Å²) in [4.78, 5) is 40.1. The number of nitrogens with zero attached hydrogens (tertiary/aromatic N) is 4.